The average molecular weight is 892 g/mol. The second kappa shape index (κ2) is 18.8. The molecule has 8 aromatic rings. The maximum atomic E-state index is 13.5. The molecule has 0 saturated heterocycles. The summed E-state index contributed by atoms with van der Waals surface area (Å²) in [6.07, 6.45) is 6.78. The monoisotopic (exact) mass is 890 g/mol. The molecule has 4 aromatic carbocycles. The first-order valence-electron chi connectivity index (χ1n) is 19.5. The van der Waals surface area contributed by atoms with Crippen LogP contribution in [-0.4, -0.2) is 56.8 Å². The third kappa shape index (κ3) is 9.91. The fraction of sp³-hybridized carbons (Fsp3) is 0.227. The van der Waals surface area contributed by atoms with Crippen LogP contribution in [0.25, 0.3) is 22.1 Å². The number of hydrogen-bond acceptors (Lipinski definition) is 12. The number of phenolic OH excluding ortho intramolecular Hbond substituents is 1. The quantitative estimate of drug-likeness (QED) is 0.119. The van der Waals surface area contributed by atoms with E-state index in [0.717, 1.165) is 48.3 Å². The Bertz CT molecular complexity index is 2700. The number of nitrogens with two attached hydrogens (primary N) is 2. The molecular weight excluding hydrogens is 850 g/mol. The smallest absolute Gasteiger partial charge is 0.251 e. The summed E-state index contributed by atoms with van der Waals surface area (Å²) in [5, 5.41) is 19.0. The second-order valence-corrected chi connectivity index (χ2v) is 15.3. The Morgan fingerprint density at radius 2 is 1.13 bits per heavy atom. The van der Waals surface area contributed by atoms with Crippen molar-refractivity contribution in [3.05, 3.63) is 149 Å². The Hall–Kier alpha value is -6.56. The zero-order valence-electron chi connectivity index (χ0n) is 32.6. The molecule has 312 valence electrons. The lowest BCUT2D eigenvalue weighted by Gasteiger charge is -2.35. The molecule has 61 heavy (non-hydrogen) atoms. The summed E-state index contributed by atoms with van der Waals surface area (Å²) in [5.74, 6) is 0.482. The molecule has 2 fully saturated rings. The van der Waals surface area contributed by atoms with E-state index in [2.05, 4.69) is 58.2 Å². The first kappa shape index (κ1) is 41.2. The Morgan fingerprint density at radius 3 is 1.66 bits per heavy atom. The maximum Gasteiger partial charge on any atom is 0.251 e. The molecule has 0 atom stereocenters. The molecule has 4 aromatic heterocycles. The lowest BCUT2D eigenvalue weighted by Crippen LogP contribution is -2.34. The van der Waals surface area contributed by atoms with E-state index in [-0.39, 0.29) is 35.7 Å². The molecule has 0 bridgehead atoms. The van der Waals surface area contributed by atoms with Crippen molar-refractivity contribution in [2.75, 3.05) is 11.5 Å². The van der Waals surface area contributed by atoms with Gasteiger partial charge in [0.15, 0.2) is 11.3 Å². The van der Waals surface area contributed by atoms with Crippen LogP contribution in [0.15, 0.2) is 126 Å². The zero-order valence-corrected chi connectivity index (χ0v) is 34.2. The van der Waals surface area contributed by atoms with Crippen LogP contribution in [0.2, 0.25) is 0 Å². The van der Waals surface area contributed by atoms with Crippen molar-refractivity contribution in [3.8, 4) is 17.4 Å². The van der Waals surface area contributed by atoms with Gasteiger partial charge in [-0.3, -0.25) is 0 Å². The van der Waals surface area contributed by atoms with Gasteiger partial charge in [-0.15, -0.1) is 5.10 Å². The summed E-state index contributed by atoms with van der Waals surface area (Å²) in [5.41, 5.74) is 15.7. The number of benzene rings is 4. The minimum atomic E-state index is -0.412. The number of fused-ring (bicyclic) bond motifs is 2. The predicted octanol–water partition coefficient (Wildman–Crippen LogP) is 8.88. The fourth-order valence-corrected chi connectivity index (χ4v) is 7.49. The van der Waals surface area contributed by atoms with E-state index in [1.807, 2.05) is 57.9 Å². The Morgan fingerprint density at radius 1 is 0.623 bits per heavy atom. The highest BCUT2D eigenvalue weighted by molar-refractivity contribution is 9.10. The molecule has 14 nitrogen and oxygen atoms in total. The molecular formula is C44H41BrF2N10O4. The number of hydrogen-bond donors (Lipinski definition) is 3. The summed E-state index contributed by atoms with van der Waals surface area (Å²) in [6.45, 7) is 1.23. The summed E-state index contributed by atoms with van der Waals surface area (Å²) in [4.78, 5) is 16.8. The minimum absolute atomic E-state index is 0.0370. The van der Waals surface area contributed by atoms with Crippen LogP contribution in [0.4, 0.5) is 20.4 Å². The highest BCUT2D eigenvalue weighted by Crippen LogP contribution is 2.41. The van der Waals surface area contributed by atoms with Gasteiger partial charge >= 0.3 is 0 Å². The number of ether oxygens (including phenoxy) is 3. The average Bonchev–Trinajstić information content (AvgIpc) is 3.76. The van der Waals surface area contributed by atoms with E-state index < -0.39 is 11.6 Å². The van der Waals surface area contributed by atoms with Crippen molar-refractivity contribution in [2.45, 2.75) is 63.2 Å². The molecule has 5 N–H and O–H groups in total. The lowest BCUT2D eigenvalue weighted by atomic mass is 9.89. The lowest BCUT2D eigenvalue weighted by molar-refractivity contribution is -0.0377. The Labute approximate surface area is 357 Å². The summed E-state index contributed by atoms with van der Waals surface area (Å²) in [7, 11) is 0. The molecule has 2 saturated carbocycles. The third-order valence-corrected chi connectivity index (χ3v) is 10.8. The molecule has 0 aliphatic heterocycles. The van der Waals surface area contributed by atoms with E-state index >= 15 is 0 Å². The number of halogens is 3. The summed E-state index contributed by atoms with van der Waals surface area (Å²) < 4.78 is 47.7. The van der Waals surface area contributed by atoms with Crippen LogP contribution in [-0.2, 0) is 22.7 Å². The van der Waals surface area contributed by atoms with Crippen LogP contribution in [0.3, 0.4) is 0 Å². The predicted molar refractivity (Wildman–Crippen MR) is 228 cm³/mol. The van der Waals surface area contributed by atoms with Crippen LogP contribution in [0, 0.1) is 11.6 Å². The number of anilines is 2. The van der Waals surface area contributed by atoms with E-state index in [4.69, 9.17) is 30.8 Å². The van der Waals surface area contributed by atoms with Gasteiger partial charge in [-0.1, -0.05) is 72.8 Å². The number of phenols is 1. The standard InChI is InChI=1S/C22H20FN5O2.C16H16BrN5O.C6H5FO/c23-15-7-4-8-17(9-15)30-22-19-20(24)25-13-26-21(19)28(27-22)16-10-18(11-16)29-12-14-5-2-1-3-6-14;17-14-13-15(18)19-9-20-16(13)22(21-14)11-6-12(7-11)23-8-10-4-2-1-3-5-10;7-5-2-1-3-6(8)4-5/h1-9,13,16,18H,10-12H2,(H2,24,25,26);1-5,9,11-12H,6-8H2,(H2,18,19,20);1-4,8H. The van der Waals surface area contributed by atoms with Crippen LogP contribution in [0.5, 0.6) is 17.4 Å². The van der Waals surface area contributed by atoms with Crippen LogP contribution in [0.1, 0.15) is 48.9 Å². The normalized spacial score (nSPS) is 18.0. The van der Waals surface area contributed by atoms with Crippen molar-refractivity contribution >= 4 is 49.6 Å². The molecule has 10 rings (SSSR count). The maximum absolute atomic E-state index is 13.5. The number of aromatic nitrogens is 8. The van der Waals surface area contributed by atoms with Crippen LogP contribution >= 0.6 is 15.9 Å². The molecule has 2 aliphatic carbocycles. The number of nitrogen functional groups attached to an aromatic ring is 2. The molecule has 2 aliphatic rings. The molecule has 17 heteroatoms. The van der Waals surface area contributed by atoms with Gasteiger partial charge in [0.1, 0.15) is 57.4 Å². The summed E-state index contributed by atoms with van der Waals surface area (Å²) in [6, 6.07) is 31.8. The second-order valence-electron chi connectivity index (χ2n) is 14.5. The molecule has 0 unspecified atom stereocenters. The SMILES string of the molecule is Nc1ncnc2c1c(Br)nn2C1CC(OCc2ccccc2)C1.Nc1ncnc2c1c(Oc1cccc(F)c1)nn2C1CC(OCc2ccccc2)C1.Oc1cccc(F)c1. The van der Waals surface area contributed by atoms with Gasteiger partial charge in [-0.2, -0.15) is 5.10 Å². The van der Waals surface area contributed by atoms with Crippen molar-refractivity contribution in [1.29, 1.82) is 0 Å². The van der Waals surface area contributed by atoms with Gasteiger partial charge in [-0.05, 0) is 77.0 Å². The number of nitrogens with zero attached hydrogens (tertiary/aromatic N) is 8. The van der Waals surface area contributed by atoms with Gasteiger partial charge in [0, 0.05) is 12.1 Å². The fourth-order valence-electron chi connectivity index (χ4n) is 6.94. The minimum Gasteiger partial charge on any atom is -0.508 e. The number of aromatic hydroxyl groups is 1. The van der Waals surface area contributed by atoms with Crippen molar-refractivity contribution in [3.63, 3.8) is 0 Å². The summed E-state index contributed by atoms with van der Waals surface area (Å²) >= 11 is 3.44. The topological polar surface area (TPSA) is 187 Å². The van der Waals surface area contributed by atoms with Gasteiger partial charge in [0.2, 0.25) is 0 Å². The van der Waals surface area contributed by atoms with Gasteiger partial charge in [0.05, 0.1) is 42.9 Å². The molecule has 0 spiro atoms. The van der Waals surface area contributed by atoms with Crippen molar-refractivity contribution < 1.29 is 28.1 Å². The molecule has 4 heterocycles. The molecule has 0 radical (unpaired) electrons. The van der Waals surface area contributed by atoms with Gasteiger partial charge in [0.25, 0.3) is 5.88 Å². The first-order valence-corrected chi connectivity index (χ1v) is 20.3. The number of rotatable bonds is 10. The van der Waals surface area contributed by atoms with E-state index in [9.17, 15) is 8.78 Å². The van der Waals surface area contributed by atoms with E-state index in [1.165, 1.54) is 48.5 Å². The van der Waals surface area contributed by atoms with Crippen molar-refractivity contribution in [2.24, 2.45) is 0 Å². The Balaban J connectivity index is 0.000000146. The highest BCUT2D eigenvalue weighted by atomic mass is 79.9. The molecule has 0 amide bonds. The van der Waals surface area contributed by atoms with Crippen LogP contribution < -0.4 is 16.2 Å². The van der Waals surface area contributed by atoms with E-state index in [1.54, 1.807) is 12.1 Å². The van der Waals surface area contributed by atoms with Gasteiger partial charge < -0.3 is 30.8 Å². The largest absolute Gasteiger partial charge is 0.508 e. The van der Waals surface area contributed by atoms with Crippen molar-refractivity contribution in [1.82, 2.24) is 39.5 Å². The van der Waals surface area contributed by atoms with Gasteiger partial charge in [-0.25, -0.2) is 38.1 Å². The highest BCUT2D eigenvalue weighted by Gasteiger charge is 2.35. The zero-order chi connectivity index (χ0) is 42.3. The van der Waals surface area contributed by atoms with E-state index in [0.29, 0.717) is 46.5 Å². The third-order valence-electron chi connectivity index (χ3n) is 10.3. The first-order chi connectivity index (χ1) is 29.7. The Kier molecular flexibility index (Phi) is 12.7.